The molecule has 0 bridgehead atoms. The van der Waals surface area contributed by atoms with E-state index in [1.807, 2.05) is 0 Å². The summed E-state index contributed by atoms with van der Waals surface area (Å²) in [6.45, 7) is 9.55. The molecule has 2 N–H and O–H groups in total. The highest BCUT2D eigenvalue weighted by Crippen LogP contribution is 2.27. The van der Waals surface area contributed by atoms with Crippen molar-refractivity contribution in [3.63, 3.8) is 0 Å². The normalized spacial score (nSPS) is 27.5. The number of hydrogen-bond donors (Lipinski definition) is 2. The standard InChI is InChI=1S/C18H35N3O2/c22-18(16-3-1-2-4-16)15-19-17-5-7-20(8-6-17)9-10-21-11-13-23-14-12-21/h16-19,22H,1-15H2. The van der Waals surface area contributed by atoms with Crippen LogP contribution < -0.4 is 5.32 Å². The first-order valence-electron chi connectivity index (χ1n) is 9.75. The third-order valence-electron chi connectivity index (χ3n) is 5.98. The van der Waals surface area contributed by atoms with Gasteiger partial charge in [0.25, 0.3) is 0 Å². The number of piperidine rings is 1. The molecular formula is C18H35N3O2. The third-order valence-corrected chi connectivity index (χ3v) is 5.98. The smallest absolute Gasteiger partial charge is 0.0692 e. The van der Waals surface area contributed by atoms with Crippen LogP contribution in [0.4, 0.5) is 0 Å². The van der Waals surface area contributed by atoms with Gasteiger partial charge in [-0.2, -0.15) is 0 Å². The highest BCUT2D eigenvalue weighted by atomic mass is 16.5. The molecule has 1 saturated carbocycles. The average molecular weight is 325 g/mol. The van der Waals surface area contributed by atoms with Crippen LogP contribution in [0.25, 0.3) is 0 Å². The summed E-state index contributed by atoms with van der Waals surface area (Å²) >= 11 is 0. The van der Waals surface area contributed by atoms with Gasteiger partial charge in [0.05, 0.1) is 19.3 Å². The molecule has 0 aromatic carbocycles. The molecule has 0 aromatic rings. The van der Waals surface area contributed by atoms with Crippen molar-refractivity contribution < 1.29 is 9.84 Å². The van der Waals surface area contributed by atoms with Gasteiger partial charge in [0.15, 0.2) is 0 Å². The predicted molar refractivity (Wildman–Crippen MR) is 92.7 cm³/mol. The lowest BCUT2D eigenvalue weighted by Crippen LogP contribution is -2.48. The van der Waals surface area contributed by atoms with Crippen LogP contribution in [-0.2, 0) is 4.74 Å². The third kappa shape index (κ3) is 5.68. The summed E-state index contributed by atoms with van der Waals surface area (Å²) in [5, 5.41) is 13.9. The maximum atomic E-state index is 10.3. The zero-order chi connectivity index (χ0) is 15.9. The van der Waals surface area contributed by atoms with Crippen molar-refractivity contribution in [2.24, 2.45) is 5.92 Å². The van der Waals surface area contributed by atoms with Crippen LogP contribution in [0.1, 0.15) is 38.5 Å². The summed E-state index contributed by atoms with van der Waals surface area (Å²) in [5.41, 5.74) is 0. The number of aliphatic hydroxyl groups is 1. The SMILES string of the molecule is OC(CNC1CCN(CCN2CCOCC2)CC1)C1CCCC1. The van der Waals surface area contributed by atoms with Crippen molar-refractivity contribution >= 4 is 0 Å². The van der Waals surface area contributed by atoms with E-state index in [1.54, 1.807) is 0 Å². The van der Waals surface area contributed by atoms with Crippen LogP contribution in [0.3, 0.4) is 0 Å². The highest BCUT2D eigenvalue weighted by molar-refractivity contribution is 4.81. The van der Waals surface area contributed by atoms with E-state index in [9.17, 15) is 5.11 Å². The Morgan fingerprint density at radius 1 is 0.913 bits per heavy atom. The molecule has 0 aromatic heterocycles. The lowest BCUT2D eigenvalue weighted by atomic mass is 9.99. The number of aliphatic hydroxyl groups excluding tert-OH is 1. The molecule has 0 radical (unpaired) electrons. The van der Waals surface area contributed by atoms with Crippen molar-refractivity contribution in [2.75, 3.05) is 59.0 Å². The minimum absolute atomic E-state index is 0.128. The lowest BCUT2D eigenvalue weighted by molar-refractivity contribution is 0.0316. The summed E-state index contributed by atoms with van der Waals surface area (Å²) in [6.07, 6.45) is 7.39. The van der Waals surface area contributed by atoms with Gasteiger partial charge in [0.1, 0.15) is 0 Å². The van der Waals surface area contributed by atoms with Crippen LogP contribution in [0.15, 0.2) is 0 Å². The van der Waals surface area contributed by atoms with Crippen LogP contribution in [0.2, 0.25) is 0 Å². The summed E-state index contributed by atoms with van der Waals surface area (Å²) in [4.78, 5) is 5.12. The minimum atomic E-state index is -0.128. The summed E-state index contributed by atoms with van der Waals surface area (Å²) in [6, 6.07) is 0.602. The van der Waals surface area contributed by atoms with Gasteiger partial charge in [0.2, 0.25) is 0 Å². The number of hydrogen-bond acceptors (Lipinski definition) is 5. The van der Waals surface area contributed by atoms with Gasteiger partial charge in [-0.25, -0.2) is 0 Å². The highest BCUT2D eigenvalue weighted by Gasteiger charge is 2.25. The van der Waals surface area contributed by atoms with Gasteiger partial charge in [-0.3, -0.25) is 4.90 Å². The maximum absolute atomic E-state index is 10.3. The summed E-state index contributed by atoms with van der Waals surface area (Å²) in [7, 11) is 0. The zero-order valence-corrected chi connectivity index (χ0v) is 14.6. The lowest BCUT2D eigenvalue weighted by Gasteiger charge is -2.35. The Morgan fingerprint density at radius 3 is 2.17 bits per heavy atom. The molecule has 3 fully saturated rings. The number of rotatable bonds is 7. The monoisotopic (exact) mass is 325 g/mol. The molecule has 0 spiro atoms. The molecule has 23 heavy (non-hydrogen) atoms. The van der Waals surface area contributed by atoms with E-state index in [1.165, 1.54) is 64.7 Å². The van der Waals surface area contributed by atoms with Gasteiger partial charge in [-0.05, 0) is 44.7 Å². The molecule has 2 aliphatic heterocycles. The largest absolute Gasteiger partial charge is 0.392 e. The fourth-order valence-corrected chi connectivity index (χ4v) is 4.26. The molecule has 3 rings (SSSR count). The van der Waals surface area contributed by atoms with Crippen molar-refractivity contribution in [2.45, 2.75) is 50.7 Å². The molecule has 5 heteroatoms. The fraction of sp³-hybridized carbons (Fsp3) is 1.00. The van der Waals surface area contributed by atoms with E-state index in [0.717, 1.165) is 32.8 Å². The molecule has 5 nitrogen and oxygen atoms in total. The van der Waals surface area contributed by atoms with Gasteiger partial charge in [-0.15, -0.1) is 0 Å². The zero-order valence-electron chi connectivity index (χ0n) is 14.6. The van der Waals surface area contributed by atoms with Gasteiger partial charge in [0, 0.05) is 38.8 Å². The second kappa shape index (κ2) is 9.33. The summed E-state index contributed by atoms with van der Waals surface area (Å²) < 4.78 is 5.40. The first kappa shape index (κ1) is 17.6. The van der Waals surface area contributed by atoms with Crippen molar-refractivity contribution in [1.29, 1.82) is 0 Å². The van der Waals surface area contributed by atoms with Crippen molar-refractivity contribution in [3.8, 4) is 0 Å². The topological polar surface area (TPSA) is 48.0 Å². The Kier molecular flexibility index (Phi) is 7.14. The Labute approximate surface area is 141 Å². The quantitative estimate of drug-likeness (QED) is 0.729. The van der Waals surface area contributed by atoms with E-state index in [4.69, 9.17) is 4.74 Å². The second-order valence-corrected chi connectivity index (χ2v) is 7.59. The van der Waals surface area contributed by atoms with Crippen LogP contribution in [-0.4, -0.2) is 86.1 Å². The first-order valence-corrected chi connectivity index (χ1v) is 9.75. The average Bonchev–Trinajstić information content (AvgIpc) is 3.14. The van der Waals surface area contributed by atoms with Crippen LogP contribution in [0.5, 0.6) is 0 Å². The second-order valence-electron chi connectivity index (χ2n) is 7.59. The van der Waals surface area contributed by atoms with Crippen LogP contribution in [0, 0.1) is 5.92 Å². The molecule has 1 aliphatic carbocycles. The van der Waals surface area contributed by atoms with Gasteiger partial charge in [-0.1, -0.05) is 12.8 Å². The fourth-order valence-electron chi connectivity index (χ4n) is 4.26. The van der Waals surface area contributed by atoms with Crippen molar-refractivity contribution in [1.82, 2.24) is 15.1 Å². The molecule has 1 atom stereocenters. The van der Waals surface area contributed by atoms with E-state index in [2.05, 4.69) is 15.1 Å². The number of nitrogens with one attached hydrogen (secondary N) is 1. The molecule has 2 saturated heterocycles. The van der Waals surface area contributed by atoms with E-state index >= 15 is 0 Å². The molecule has 3 aliphatic rings. The van der Waals surface area contributed by atoms with Crippen molar-refractivity contribution in [3.05, 3.63) is 0 Å². The number of morpholine rings is 1. The Balaban J connectivity index is 1.26. The molecule has 2 heterocycles. The van der Waals surface area contributed by atoms with Gasteiger partial charge < -0.3 is 20.1 Å². The number of nitrogens with zero attached hydrogens (tertiary/aromatic N) is 2. The Bertz CT molecular complexity index is 322. The molecule has 134 valence electrons. The maximum Gasteiger partial charge on any atom is 0.0692 e. The molecular weight excluding hydrogens is 290 g/mol. The number of ether oxygens (including phenoxy) is 1. The number of likely N-dealkylation sites (tertiary alicyclic amines) is 1. The Morgan fingerprint density at radius 2 is 1.52 bits per heavy atom. The van der Waals surface area contributed by atoms with E-state index in [0.29, 0.717) is 12.0 Å². The summed E-state index contributed by atoms with van der Waals surface area (Å²) in [5.74, 6) is 0.552. The molecule has 1 unspecified atom stereocenters. The van der Waals surface area contributed by atoms with E-state index < -0.39 is 0 Å². The minimum Gasteiger partial charge on any atom is -0.392 e. The molecule has 0 amide bonds. The first-order chi connectivity index (χ1) is 11.3. The Hall–Kier alpha value is -0.200. The van der Waals surface area contributed by atoms with E-state index in [-0.39, 0.29) is 6.10 Å². The van der Waals surface area contributed by atoms with Crippen LogP contribution >= 0.6 is 0 Å². The predicted octanol–water partition coefficient (Wildman–Crippen LogP) is 0.924. The van der Waals surface area contributed by atoms with Gasteiger partial charge >= 0.3 is 0 Å².